The summed E-state index contributed by atoms with van der Waals surface area (Å²) in [5.41, 5.74) is 2.42. The van der Waals surface area contributed by atoms with Crippen molar-refractivity contribution in [3.05, 3.63) is 41.6 Å². The van der Waals surface area contributed by atoms with Crippen molar-refractivity contribution in [2.24, 2.45) is 7.05 Å². The largest absolute Gasteiger partial charge is 0.468 e. The minimum Gasteiger partial charge on any atom is -0.468 e. The van der Waals surface area contributed by atoms with Crippen LogP contribution < -0.4 is 5.32 Å². The van der Waals surface area contributed by atoms with Crippen LogP contribution in [0.1, 0.15) is 23.9 Å². The van der Waals surface area contributed by atoms with Gasteiger partial charge in [0.15, 0.2) is 0 Å². The van der Waals surface area contributed by atoms with Crippen LogP contribution in [-0.4, -0.2) is 9.78 Å². The van der Waals surface area contributed by atoms with Crippen molar-refractivity contribution in [3.8, 4) is 0 Å². The van der Waals surface area contributed by atoms with E-state index in [9.17, 15) is 0 Å². The Balaban J connectivity index is 1.89. The van der Waals surface area contributed by atoms with Crippen LogP contribution in [0.3, 0.4) is 0 Å². The minimum absolute atomic E-state index is 0.755. The minimum atomic E-state index is 0.755. The van der Waals surface area contributed by atoms with E-state index in [1.165, 1.54) is 5.56 Å². The van der Waals surface area contributed by atoms with E-state index < -0.39 is 0 Å². The Bertz CT molecular complexity index is 431. The smallest absolute Gasteiger partial charge is 0.117 e. The van der Waals surface area contributed by atoms with Gasteiger partial charge in [-0.2, -0.15) is 5.10 Å². The molecule has 0 fully saturated rings. The summed E-state index contributed by atoms with van der Waals surface area (Å²) in [5.74, 6) is 0.960. The highest BCUT2D eigenvalue weighted by atomic mass is 16.3. The highest BCUT2D eigenvalue weighted by molar-refractivity contribution is 5.16. The first kappa shape index (κ1) is 11.0. The summed E-state index contributed by atoms with van der Waals surface area (Å²) in [6.45, 7) is 3.71. The molecule has 0 atom stereocenters. The van der Waals surface area contributed by atoms with E-state index in [4.69, 9.17) is 4.42 Å². The lowest BCUT2D eigenvalue weighted by Crippen LogP contribution is -2.12. The second-order valence-corrected chi connectivity index (χ2v) is 3.81. The fraction of sp³-hybridized carbons (Fsp3) is 0.417. The second kappa shape index (κ2) is 4.99. The van der Waals surface area contributed by atoms with Crippen molar-refractivity contribution in [3.63, 3.8) is 0 Å². The van der Waals surface area contributed by atoms with E-state index in [2.05, 4.69) is 23.5 Å². The normalized spacial score (nSPS) is 10.9. The van der Waals surface area contributed by atoms with Crippen LogP contribution in [-0.2, 0) is 26.6 Å². The standard InChI is InChI=1S/C12H17N3O/c1-3-12-10(9-15(2)14-12)7-13-8-11-5-4-6-16-11/h4-6,9,13H,3,7-8H2,1-2H3. The molecule has 16 heavy (non-hydrogen) atoms. The van der Waals surface area contributed by atoms with E-state index >= 15 is 0 Å². The number of furan rings is 1. The summed E-state index contributed by atoms with van der Waals surface area (Å²) in [5, 5.41) is 7.74. The maximum Gasteiger partial charge on any atom is 0.117 e. The third kappa shape index (κ3) is 2.52. The zero-order chi connectivity index (χ0) is 11.4. The van der Waals surface area contributed by atoms with Crippen molar-refractivity contribution in [1.82, 2.24) is 15.1 Å². The third-order valence-corrected chi connectivity index (χ3v) is 2.52. The molecule has 0 saturated heterocycles. The summed E-state index contributed by atoms with van der Waals surface area (Å²) >= 11 is 0. The molecule has 0 saturated carbocycles. The molecule has 0 aliphatic rings. The van der Waals surface area contributed by atoms with Gasteiger partial charge in [0.2, 0.25) is 0 Å². The van der Waals surface area contributed by atoms with E-state index in [-0.39, 0.29) is 0 Å². The molecular formula is C12H17N3O. The van der Waals surface area contributed by atoms with Gasteiger partial charge in [-0.1, -0.05) is 6.92 Å². The maximum atomic E-state index is 5.25. The lowest BCUT2D eigenvalue weighted by atomic mass is 10.2. The molecular weight excluding hydrogens is 202 g/mol. The zero-order valence-corrected chi connectivity index (χ0v) is 9.73. The van der Waals surface area contributed by atoms with Gasteiger partial charge < -0.3 is 9.73 Å². The highest BCUT2D eigenvalue weighted by Crippen LogP contribution is 2.07. The van der Waals surface area contributed by atoms with E-state index in [1.807, 2.05) is 23.9 Å². The average Bonchev–Trinajstić information content (AvgIpc) is 2.88. The quantitative estimate of drug-likeness (QED) is 0.834. The van der Waals surface area contributed by atoms with Crippen LogP contribution in [0.5, 0.6) is 0 Å². The van der Waals surface area contributed by atoms with Crippen molar-refractivity contribution in [1.29, 1.82) is 0 Å². The lowest BCUT2D eigenvalue weighted by molar-refractivity contribution is 0.482. The fourth-order valence-electron chi connectivity index (χ4n) is 1.76. The lowest BCUT2D eigenvalue weighted by Gasteiger charge is -2.01. The SMILES string of the molecule is CCc1nn(C)cc1CNCc1ccco1. The molecule has 2 aromatic rings. The molecule has 0 radical (unpaired) electrons. The molecule has 4 heteroatoms. The average molecular weight is 219 g/mol. The Morgan fingerprint density at radius 2 is 2.31 bits per heavy atom. The number of aromatic nitrogens is 2. The molecule has 0 amide bonds. The molecule has 2 heterocycles. The Hall–Kier alpha value is -1.55. The number of rotatable bonds is 5. The van der Waals surface area contributed by atoms with Gasteiger partial charge in [-0.05, 0) is 18.6 Å². The Morgan fingerprint density at radius 1 is 1.44 bits per heavy atom. The first-order valence-electron chi connectivity index (χ1n) is 5.54. The topological polar surface area (TPSA) is 43.0 Å². The van der Waals surface area contributed by atoms with Gasteiger partial charge in [0.1, 0.15) is 5.76 Å². The Labute approximate surface area is 95.3 Å². The van der Waals surface area contributed by atoms with Gasteiger partial charge in [-0.15, -0.1) is 0 Å². The number of hydrogen-bond acceptors (Lipinski definition) is 3. The third-order valence-electron chi connectivity index (χ3n) is 2.52. The van der Waals surface area contributed by atoms with Gasteiger partial charge in [-0.25, -0.2) is 0 Å². The van der Waals surface area contributed by atoms with Crippen LogP contribution in [0.4, 0.5) is 0 Å². The molecule has 2 rings (SSSR count). The monoisotopic (exact) mass is 219 g/mol. The van der Waals surface area contributed by atoms with E-state index in [0.717, 1.165) is 31.0 Å². The number of aryl methyl sites for hydroxylation is 2. The van der Waals surface area contributed by atoms with E-state index in [1.54, 1.807) is 6.26 Å². The summed E-state index contributed by atoms with van der Waals surface area (Å²) in [6, 6.07) is 3.87. The second-order valence-electron chi connectivity index (χ2n) is 3.81. The molecule has 4 nitrogen and oxygen atoms in total. The molecule has 0 aliphatic carbocycles. The van der Waals surface area contributed by atoms with Crippen molar-refractivity contribution < 1.29 is 4.42 Å². The molecule has 86 valence electrons. The first-order chi connectivity index (χ1) is 7.79. The van der Waals surface area contributed by atoms with Crippen LogP contribution in [0.15, 0.2) is 29.0 Å². The van der Waals surface area contributed by atoms with Crippen LogP contribution >= 0.6 is 0 Å². The molecule has 0 aromatic carbocycles. The van der Waals surface area contributed by atoms with Crippen LogP contribution in [0.25, 0.3) is 0 Å². The Morgan fingerprint density at radius 3 is 3.00 bits per heavy atom. The molecule has 1 N–H and O–H groups in total. The van der Waals surface area contributed by atoms with Crippen molar-refractivity contribution in [2.75, 3.05) is 0 Å². The molecule has 0 unspecified atom stereocenters. The van der Waals surface area contributed by atoms with E-state index in [0.29, 0.717) is 0 Å². The van der Waals surface area contributed by atoms with Crippen molar-refractivity contribution in [2.45, 2.75) is 26.4 Å². The number of hydrogen-bond donors (Lipinski definition) is 1. The van der Waals surface area contributed by atoms with Gasteiger partial charge in [0, 0.05) is 25.4 Å². The summed E-state index contributed by atoms with van der Waals surface area (Å²) in [7, 11) is 1.95. The van der Waals surface area contributed by atoms with Gasteiger partial charge >= 0.3 is 0 Å². The van der Waals surface area contributed by atoms with Gasteiger partial charge in [0.25, 0.3) is 0 Å². The van der Waals surface area contributed by atoms with Crippen LogP contribution in [0, 0.1) is 0 Å². The maximum absolute atomic E-state index is 5.25. The van der Waals surface area contributed by atoms with Gasteiger partial charge in [0.05, 0.1) is 18.5 Å². The Kier molecular flexibility index (Phi) is 3.41. The highest BCUT2D eigenvalue weighted by Gasteiger charge is 2.05. The summed E-state index contributed by atoms with van der Waals surface area (Å²) < 4.78 is 7.11. The zero-order valence-electron chi connectivity index (χ0n) is 9.73. The predicted molar refractivity (Wildman–Crippen MR) is 61.8 cm³/mol. The van der Waals surface area contributed by atoms with Crippen LogP contribution in [0.2, 0.25) is 0 Å². The van der Waals surface area contributed by atoms with Crippen molar-refractivity contribution >= 4 is 0 Å². The number of nitrogens with one attached hydrogen (secondary N) is 1. The summed E-state index contributed by atoms with van der Waals surface area (Å²) in [4.78, 5) is 0. The van der Waals surface area contributed by atoms with Gasteiger partial charge in [-0.3, -0.25) is 4.68 Å². The molecule has 0 aliphatic heterocycles. The first-order valence-corrected chi connectivity index (χ1v) is 5.54. The molecule has 2 aromatic heterocycles. The molecule has 0 spiro atoms. The predicted octanol–water partition coefficient (Wildman–Crippen LogP) is 1.87. The fourth-order valence-corrected chi connectivity index (χ4v) is 1.76. The number of nitrogens with zero attached hydrogens (tertiary/aromatic N) is 2. The molecule has 0 bridgehead atoms. The summed E-state index contributed by atoms with van der Waals surface area (Å²) in [6.07, 6.45) is 4.73.